The lowest BCUT2D eigenvalue weighted by molar-refractivity contribution is 0.407. The lowest BCUT2D eigenvalue weighted by Gasteiger charge is -2.18. The summed E-state index contributed by atoms with van der Waals surface area (Å²) in [6.45, 7) is 6.19. The first-order chi connectivity index (χ1) is 7.13. The smallest absolute Gasteiger partial charge is 0.260 e. The van der Waals surface area contributed by atoms with Crippen molar-refractivity contribution in [3.63, 3.8) is 0 Å². The predicted octanol–water partition coefficient (Wildman–Crippen LogP) is 0.327. The maximum absolute atomic E-state index is 11.9. The third kappa shape index (κ3) is 2.96. The second-order valence-electron chi connectivity index (χ2n) is 4.93. The van der Waals surface area contributed by atoms with Crippen LogP contribution in [0, 0.1) is 5.41 Å². The van der Waals surface area contributed by atoms with Gasteiger partial charge in [-0.25, -0.2) is 18.1 Å². The van der Waals surface area contributed by atoms with Gasteiger partial charge in [-0.05, 0) is 5.41 Å². The molecule has 0 atom stereocenters. The number of nitrogens with two attached hydrogens (primary N) is 1. The topological polar surface area (TPSA) is 90.0 Å². The number of hydrogen-bond acceptors (Lipinski definition) is 4. The third-order valence-corrected chi connectivity index (χ3v) is 3.49. The molecule has 1 aromatic rings. The van der Waals surface area contributed by atoms with Gasteiger partial charge in [0.05, 0.1) is 6.33 Å². The van der Waals surface area contributed by atoms with E-state index in [0.29, 0.717) is 6.54 Å². The van der Waals surface area contributed by atoms with E-state index in [1.54, 1.807) is 7.05 Å². The molecule has 0 fully saturated rings. The lowest BCUT2D eigenvalue weighted by atomic mass is 9.98. The van der Waals surface area contributed by atoms with E-state index in [9.17, 15) is 8.42 Å². The Balaban J connectivity index is 2.96. The highest BCUT2D eigenvalue weighted by molar-refractivity contribution is 7.89. The van der Waals surface area contributed by atoms with Gasteiger partial charge >= 0.3 is 0 Å². The van der Waals surface area contributed by atoms with Gasteiger partial charge in [0.2, 0.25) is 0 Å². The first-order valence-corrected chi connectivity index (χ1v) is 6.38. The summed E-state index contributed by atoms with van der Waals surface area (Å²) >= 11 is 0. The van der Waals surface area contributed by atoms with Gasteiger partial charge in [-0.3, -0.25) is 0 Å². The van der Waals surface area contributed by atoms with Gasteiger partial charge in [-0.1, -0.05) is 20.8 Å². The van der Waals surface area contributed by atoms with E-state index >= 15 is 0 Å². The standard InChI is InChI=1S/C9H18N4O2S/c1-9(2,3)5-12-16(14,15)8-7(10)11-6-13(8)4/h6,12H,5,10H2,1-4H3. The molecule has 1 aromatic heterocycles. The summed E-state index contributed by atoms with van der Waals surface area (Å²) in [7, 11) is -1.99. The van der Waals surface area contributed by atoms with E-state index in [0.717, 1.165) is 0 Å². The molecule has 92 valence electrons. The number of nitrogen functional groups attached to an aromatic ring is 1. The molecule has 7 heteroatoms. The fraction of sp³-hybridized carbons (Fsp3) is 0.667. The number of aromatic nitrogens is 2. The Labute approximate surface area is 95.9 Å². The molecule has 0 spiro atoms. The molecule has 1 rings (SSSR count). The number of sulfonamides is 1. The lowest BCUT2D eigenvalue weighted by Crippen LogP contribution is -2.33. The van der Waals surface area contributed by atoms with Crippen LogP contribution in [0.15, 0.2) is 11.4 Å². The minimum atomic E-state index is -3.59. The Morgan fingerprint density at radius 1 is 1.50 bits per heavy atom. The van der Waals surface area contributed by atoms with Crippen LogP contribution in [-0.2, 0) is 17.1 Å². The van der Waals surface area contributed by atoms with Gasteiger partial charge in [0.1, 0.15) is 0 Å². The maximum atomic E-state index is 11.9. The van der Waals surface area contributed by atoms with Crippen molar-refractivity contribution in [2.75, 3.05) is 12.3 Å². The van der Waals surface area contributed by atoms with E-state index in [1.165, 1.54) is 10.9 Å². The van der Waals surface area contributed by atoms with Crippen molar-refractivity contribution in [3.05, 3.63) is 6.33 Å². The first-order valence-electron chi connectivity index (χ1n) is 4.90. The molecule has 0 saturated heterocycles. The zero-order valence-electron chi connectivity index (χ0n) is 9.98. The van der Waals surface area contributed by atoms with Crippen LogP contribution >= 0.6 is 0 Å². The molecule has 0 aliphatic heterocycles. The van der Waals surface area contributed by atoms with E-state index in [1.807, 2.05) is 20.8 Å². The summed E-state index contributed by atoms with van der Waals surface area (Å²) in [5, 5.41) is 0.0109. The third-order valence-electron chi connectivity index (χ3n) is 1.96. The number of nitrogens with one attached hydrogen (secondary N) is 1. The van der Waals surface area contributed by atoms with Crippen LogP contribution < -0.4 is 10.5 Å². The molecule has 0 saturated carbocycles. The normalized spacial score (nSPS) is 13.0. The molecule has 6 nitrogen and oxygen atoms in total. The van der Waals surface area contributed by atoms with Crippen LogP contribution in [-0.4, -0.2) is 24.5 Å². The zero-order valence-corrected chi connectivity index (χ0v) is 10.8. The minimum absolute atomic E-state index is 0.0109. The molecule has 0 unspecified atom stereocenters. The molecule has 0 aliphatic carbocycles. The number of aryl methyl sites for hydroxylation is 1. The van der Waals surface area contributed by atoms with Crippen LogP contribution in [0.3, 0.4) is 0 Å². The fourth-order valence-electron chi connectivity index (χ4n) is 1.14. The van der Waals surface area contributed by atoms with Crippen LogP contribution in [0.1, 0.15) is 20.8 Å². The Morgan fingerprint density at radius 2 is 2.06 bits per heavy atom. The molecule has 0 amide bonds. The van der Waals surface area contributed by atoms with Crippen LogP contribution in [0.5, 0.6) is 0 Å². The summed E-state index contributed by atoms with van der Waals surface area (Å²) < 4.78 is 27.8. The molecule has 3 N–H and O–H groups in total. The van der Waals surface area contributed by atoms with Crippen molar-refractivity contribution in [1.29, 1.82) is 0 Å². The summed E-state index contributed by atoms with van der Waals surface area (Å²) in [4.78, 5) is 3.75. The van der Waals surface area contributed by atoms with E-state index in [4.69, 9.17) is 5.73 Å². The number of rotatable bonds is 3. The van der Waals surface area contributed by atoms with Gasteiger partial charge in [-0.2, -0.15) is 0 Å². The average Bonchev–Trinajstić information content (AvgIpc) is 2.42. The van der Waals surface area contributed by atoms with Crippen LogP contribution in [0.25, 0.3) is 0 Å². The molecule has 0 bridgehead atoms. The zero-order chi connectivity index (χ0) is 12.6. The molecule has 0 aromatic carbocycles. The SMILES string of the molecule is Cn1cnc(N)c1S(=O)(=O)NCC(C)(C)C. The molecule has 16 heavy (non-hydrogen) atoms. The Hall–Kier alpha value is -1.08. The second kappa shape index (κ2) is 4.06. The quantitative estimate of drug-likeness (QED) is 0.804. The van der Waals surface area contributed by atoms with Gasteiger partial charge in [0.15, 0.2) is 10.8 Å². The Kier molecular flexibility index (Phi) is 3.30. The summed E-state index contributed by atoms with van der Waals surface area (Å²) in [6.07, 6.45) is 1.38. The highest BCUT2D eigenvalue weighted by Crippen LogP contribution is 2.17. The number of nitrogens with zero attached hydrogens (tertiary/aromatic N) is 2. The van der Waals surface area contributed by atoms with Crippen molar-refractivity contribution in [2.45, 2.75) is 25.8 Å². The van der Waals surface area contributed by atoms with Crippen molar-refractivity contribution in [2.24, 2.45) is 12.5 Å². The molecular weight excluding hydrogens is 228 g/mol. The van der Waals surface area contributed by atoms with E-state index in [2.05, 4.69) is 9.71 Å². The van der Waals surface area contributed by atoms with Crippen LogP contribution in [0.4, 0.5) is 5.82 Å². The number of anilines is 1. The first kappa shape index (κ1) is 13.0. The monoisotopic (exact) mass is 246 g/mol. The molecule has 0 aliphatic rings. The van der Waals surface area contributed by atoms with Gasteiger partial charge in [0.25, 0.3) is 10.0 Å². The minimum Gasteiger partial charge on any atom is -0.381 e. The number of hydrogen-bond donors (Lipinski definition) is 2. The molecule has 0 radical (unpaired) electrons. The Morgan fingerprint density at radius 3 is 2.44 bits per heavy atom. The van der Waals surface area contributed by atoms with Crippen molar-refractivity contribution in [1.82, 2.24) is 14.3 Å². The van der Waals surface area contributed by atoms with Crippen molar-refractivity contribution >= 4 is 15.8 Å². The molecule has 1 heterocycles. The summed E-state index contributed by atoms with van der Waals surface area (Å²) in [5.74, 6) is 0.0175. The molecular formula is C9H18N4O2S. The van der Waals surface area contributed by atoms with E-state index in [-0.39, 0.29) is 16.3 Å². The van der Waals surface area contributed by atoms with Gasteiger partial charge < -0.3 is 10.3 Å². The summed E-state index contributed by atoms with van der Waals surface area (Å²) in [5.41, 5.74) is 5.39. The van der Waals surface area contributed by atoms with Gasteiger partial charge in [-0.15, -0.1) is 0 Å². The predicted molar refractivity (Wildman–Crippen MR) is 62.3 cm³/mol. The largest absolute Gasteiger partial charge is 0.381 e. The fourth-order valence-corrected chi connectivity index (χ4v) is 2.66. The Bertz CT molecular complexity index is 451. The van der Waals surface area contributed by atoms with Crippen LogP contribution in [0.2, 0.25) is 0 Å². The highest BCUT2D eigenvalue weighted by Gasteiger charge is 2.24. The highest BCUT2D eigenvalue weighted by atomic mass is 32.2. The second-order valence-corrected chi connectivity index (χ2v) is 6.61. The summed E-state index contributed by atoms with van der Waals surface area (Å²) in [6, 6.07) is 0. The number of imidazole rings is 1. The average molecular weight is 246 g/mol. The maximum Gasteiger partial charge on any atom is 0.260 e. The van der Waals surface area contributed by atoms with Gasteiger partial charge in [0, 0.05) is 13.6 Å². The van der Waals surface area contributed by atoms with E-state index < -0.39 is 10.0 Å². The van der Waals surface area contributed by atoms with Crippen molar-refractivity contribution < 1.29 is 8.42 Å². The van der Waals surface area contributed by atoms with Crippen molar-refractivity contribution in [3.8, 4) is 0 Å².